The number of aromatic nitrogens is 3. The van der Waals surface area contributed by atoms with E-state index in [0.29, 0.717) is 25.4 Å². The van der Waals surface area contributed by atoms with Crippen molar-refractivity contribution in [1.82, 2.24) is 14.8 Å². The smallest absolute Gasteiger partial charge is 0.228 e. The molecule has 1 unspecified atom stereocenters. The highest BCUT2D eigenvalue weighted by Crippen LogP contribution is 2.32. The molecule has 1 N–H and O–H groups in total. The molecule has 1 aliphatic rings. The fraction of sp³-hybridized carbons (Fsp3) is 0.438. The van der Waals surface area contributed by atoms with Crippen LogP contribution in [0.4, 0.5) is 11.4 Å². The molecule has 0 spiro atoms. The molecular formula is C16H21N5O. The average Bonchev–Trinajstić information content (AvgIpc) is 3.04. The molecule has 22 heavy (non-hydrogen) atoms. The number of hydrogen-bond donors (Lipinski definition) is 1. The third-order valence-corrected chi connectivity index (χ3v) is 4.04. The van der Waals surface area contributed by atoms with E-state index in [1.165, 1.54) is 6.33 Å². The zero-order chi connectivity index (χ0) is 15.5. The third kappa shape index (κ3) is 2.95. The second kappa shape index (κ2) is 6.17. The summed E-state index contributed by atoms with van der Waals surface area (Å²) >= 11 is 0. The maximum atomic E-state index is 12.7. The standard InChI is InChI=1S/C16H21N5O/c1-12(2)14-9-21(15-6-4-3-5-13(15)19-14)16(22)7-8-20-11-17-10-18-20/h3-6,10-12,14,19H,7-9H2,1-2H3. The molecule has 0 bridgehead atoms. The predicted octanol–water partition coefficient (Wildman–Crippen LogP) is 2.15. The van der Waals surface area contributed by atoms with Gasteiger partial charge in [-0.05, 0) is 18.1 Å². The van der Waals surface area contributed by atoms with Gasteiger partial charge in [0.2, 0.25) is 5.91 Å². The molecule has 0 aliphatic carbocycles. The van der Waals surface area contributed by atoms with Gasteiger partial charge in [0.25, 0.3) is 0 Å². The summed E-state index contributed by atoms with van der Waals surface area (Å²) in [6, 6.07) is 8.25. The van der Waals surface area contributed by atoms with Crippen LogP contribution < -0.4 is 10.2 Å². The van der Waals surface area contributed by atoms with Gasteiger partial charge in [-0.2, -0.15) is 5.10 Å². The quantitative estimate of drug-likeness (QED) is 0.939. The van der Waals surface area contributed by atoms with Crippen molar-refractivity contribution >= 4 is 17.3 Å². The summed E-state index contributed by atoms with van der Waals surface area (Å²) in [7, 11) is 0. The van der Waals surface area contributed by atoms with E-state index in [1.807, 2.05) is 29.2 Å². The Kier molecular flexibility index (Phi) is 4.09. The van der Waals surface area contributed by atoms with Gasteiger partial charge in [0.1, 0.15) is 12.7 Å². The Labute approximate surface area is 130 Å². The molecule has 3 rings (SSSR count). The van der Waals surface area contributed by atoms with Crippen molar-refractivity contribution in [2.24, 2.45) is 5.92 Å². The monoisotopic (exact) mass is 299 g/mol. The lowest BCUT2D eigenvalue weighted by Crippen LogP contribution is -2.47. The predicted molar refractivity (Wildman–Crippen MR) is 85.7 cm³/mol. The first-order valence-corrected chi connectivity index (χ1v) is 7.63. The normalized spacial score (nSPS) is 17.2. The van der Waals surface area contributed by atoms with Crippen molar-refractivity contribution in [1.29, 1.82) is 0 Å². The van der Waals surface area contributed by atoms with Crippen LogP contribution in [0.3, 0.4) is 0 Å². The number of nitrogens with zero attached hydrogens (tertiary/aromatic N) is 4. The molecule has 0 saturated carbocycles. The molecular weight excluding hydrogens is 278 g/mol. The van der Waals surface area contributed by atoms with Crippen molar-refractivity contribution in [2.75, 3.05) is 16.8 Å². The minimum atomic E-state index is 0.120. The number of rotatable bonds is 4. The number of amides is 1. The Balaban J connectivity index is 1.77. The largest absolute Gasteiger partial charge is 0.379 e. The van der Waals surface area contributed by atoms with Gasteiger partial charge in [0.15, 0.2) is 0 Å². The Morgan fingerprint density at radius 1 is 1.41 bits per heavy atom. The lowest BCUT2D eigenvalue weighted by molar-refractivity contribution is -0.119. The molecule has 1 aromatic carbocycles. The molecule has 6 nitrogen and oxygen atoms in total. The number of hydrogen-bond acceptors (Lipinski definition) is 4. The first-order valence-electron chi connectivity index (χ1n) is 7.63. The number of benzene rings is 1. The van der Waals surface area contributed by atoms with E-state index >= 15 is 0 Å². The summed E-state index contributed by atoms with van der Waals surface area (Å²) in [5.41, 5.74) is 1.99. The van der Waals surface area contributed by atoms with Gasteiger partial charge in [-0.15, -0.1) is 0 Å². The molecule has 6 heteroatoms. The molecule has 2 aromatic rings. The minimum Gasteiger partial charge on any atom is -0.379 e. The van der Waals surface area contributed by atoms with Gasteiger partial charge in [0.05, 0.1) is 17.9 Å². The minimum absolute atomic E-state index is 0.120. The topological polar surface area (TPSA) is 63.1 Å². The molecule has 1 atom stereocenters. The Morgan fingerprint density at radius 3 is 2.95 bits per heavy atom. The van der Waals surface area contributed by atoms with Gasteiger partial charge in [0, 0.05) is 19.0 Å². The number of aryl methyl sites for hydroxylation is 1. The number of para-hydroxylation sites is 2. The molecule has 0 saturated heterocycles. The number of nitrogens with one attached hydrogen (secondary N) is 1. The van der Waals surface area contributed by atoms with Crippen molar-refractivity contribution in [3.05, 3.63) is 36.9 Å². The average molecular weight is 299 g/mol. The number of fused-ring (bicyclic) bond motifs is 1. The van der Waals surface area contributed by atoms with E-state index in [9.17, 15) is 4.79 Å². The van der Waals surface area contributed by atoms with E-state index in [1.54, 1.807) is 11.0 Å². The Hall–Kier alpha value is -2.37. The zero-order valence-electron chi connectivity index (χ0n) is 12.9. The molecule has 0 radical (unpaired) electrons. The van der Waals surface area contributed by atoms with Crippen molar-refractivity contribution in [2.45, 2.75) is 32.9 Å². The SMILES string of the molecule is CC(C)C1CN(C(=O)CCn2cncn2)c2ccccc2N1. The third-order valence-electron chi connectivity index (χ3n) is 4.04. The van der Waals surface area contributed by atoms with Crippen LogP contribution in [-0.2, 0) is 11.3 Å². The van der Waals surface area contributed by atoms with Crippen molar-refractivity contribution in [3.8, 4) is 0 Å². The van der Waals surface area contributed by atoms with E-state index in [2.05, 4.69) is 29.2 Å². The highest BCUT2D eigenvalue weighted by Gasteiger charge is 2.29. The first-order chi connectivity index (χ1) is 10.6. The summed E-state index contributed by atoms with van der Waals surface area (Å²) in [5, 5.41) is 7.57. The van der Waals surface area contributed by atoms with Crippen LogP contribution in [0.5, 0.6) is 0 Å². The number of carbonyl (C=O) groups excluding carboxylic acids is 1. The van der Waals surface area contributed by atoms with Crippen LogP contribution in [0.2, 0.25) is 0 Å². The maximum Gasteiger partial charge on any atom is 0.228 e. The molecule has 1 aromatic heterocycles. The van der Waals surface area contributed by atoms with Crippen LogP contribution in [-0.4, -0.2) is 33.3 Å². The summed E-state index contributed by atoms with van der Waals surface area (Å²) < 4.78 is 1.69. The lowest BCUT2D eigenvalue weighted by atomic mass is 9.99. The highest BCUT2D eigenvalue weighted by atomic mass is 16.2. The van der Waals surface area contributed by atoms with Crippen molar-refractivity contribution < 1.29 is 4.79 Å². The Morgan fingerprint density at radius 2 is 2.23 bits per heavy atom. The number of carbonyl (C=O) groups is 1. The molecule has 2 heterocycles. The van der Waals surface area contributed by atoms with Crippen LogP contribution in [0, 0.1) is 5.92 Å². The van der Waals surface area contributed by atoms with Crippen LogP contribution >= 0.6 is 0 Å². The second-order valence-electron chi connectivity index (χ2n) is 5.92. The molecule has 116 valence electrons. The molecule has 1 amide bonds. The summed E-state index contributed by atoms with van der Waals surface area (Å²) in [6.07, 6.45) is 3.54. The van der Waals surface area contributed by atoms with Crippen LogP contribution in [0.25, 0.3) is 0 Å². The van der Waals surface area contributed by atoms with Crippen LogP contribution in [0.1, 0.15) is 20.3 Å². The highest BCUT2D eigenvalue weighted by molar-refractivity contribution is 5.97. The first kappa shape index (κ1) is 14.6. The fourth-order valence-corrected chi connectivity index (χ4v) is 2.68. The summed E-state index contributed by atoms with van der Waals surface area (Å²) in [6.45, 7) is 5.59. The van der Waals surface area contributed by atoms with E-state index in [0.717, 1.165) is 11.4 Å². The van der Waals surface area contributed by atoms with Gasteiger partial charge in [-0.1, -0.05) is 26.0 Å². The zero-order valence-corrected chi connectivity index (χ0v) is 12.9. The Bertz CT molecular complexity index is 638. The van der Waals surface area contributed by atoms with E-state index in [-0.39, 0.29) is 11.9 Å². The van der Waals surface area contributed by atoms with E-state index in [4.69, 9.17) is 0 Å². The molecule has 1 aliphatic heterocycles. The van der Waals surface area contributed by atoms with Gasteiger partial charge >= 0.3 is 0 Å². The van der Waals surface area contributed by atoms with Gasteiger partial charge < -0.3 is 10.2 Å². The number of anilines is 2. The van der Waals surface area contributed by atoms with E-state index < -0.39 is 0 Å². The van der Waals surface area contributed by atoms with Gasteiger partial charge in [-0.3, -0.25) is 9.48 Å². The van der Waals surface area contributed by atoms with Crippen molar-refractivity contribution in [3.63, 3.8) is 0 Å². The summed E-state index contributed by atoms with van der Waals surface area (Å²) in [4.78, 5) is 18.5. The lowest BCUT2D eigenvalue weighted by Gasteiger charge is -2.37. The fourth-order valence-electron chi connectivity index (χ4n) is 2.68. The summed E-state index contributed by atoms with van der Waals surface area (Å²) in [5.74, 6) is 0.578. The van der Waals surface area contributed by atoms with Crippen LogP contribution in [0.15, 0.2) is 36.9 Å². The second-order valence-corrected chi connectivity index (χ2v) is 5.92. The van der Waals surface area contributed by atoms with Gasteiger partial charge in [-0.25, -0.2) is 4.98 Å². The molecule has 0 fully saturated rings. The maximum absolute atomic E-state index is 12.7.